The molecule has 0 amide bonds. The van der Waals surface area contributed by atoms with Crippen molar-refractivity contribution in [3.05, 3.63) is 122 Å². The monoisotopic (exact) mass is 983 g/mol. The van der Waals surface area contributed by atoms with Crippen molar-refractivity contribution in [3.8, 4) is 0 Å². The van der Waals surface area contributed by atoms with Gasteiger partial charge in [-0.15, -0.1) is 0 Å². The molecule has 0 saturated carbocycles. The molecular weight excluding hydrogens is 877 g/mol. The molecule has 0 fully saturated rings. The molecule has 0 spiro atoms. The van der Waals surface area contributed by atoms with Gasteiger partial charge in [-0.25, -0.2) is 0 Å². The van der Waals surface area contributed by atoms with E-state index < -0.39 is 12.1 Å². The highest BCUT2D eigenvalue weighted by atomic mass is 16.6. The average molecular weight is 984 g/mol. The molecule has 0 aliphatic rings. The van der Waals surface area contributed by atoms with Crippen molar-refractivity contribution in [2.24, 2.45) is 0 Å². The molecule has 0 bridgehead atoms. The van der Waals surface area contributed by atoms with Crippen LogP contribution in [0.3, 0.4) is 0 Å². The van der Waals surface area contributed by atoms with Crippen LogP contribution in [0.5, 0.6) is 0 Å². The maximum atomic E-state index is 12.8. The molecule has 0 aromatic carbocycles. The van der Waals surface area contributed by atoms with E-state index in [2.05, 4.69) is 136 Å². The molecule has 0 unspecified atom stereocenters. The minimum atomic E-state index is -0.834. The van der Waals surface area contributed by atoms with E-state index >= 15 is 0 Å². The average Bonchev–Trinajstić information content (AvgIpc) is 3.37. The molecule has 0 N–H and O–H groups in total. The van der Waals surface area contributed by atoms with Gasteiger partial charge in [0.15, 0.2) is 6.10 Å². The standard InChI is InChI=1S/C65H106O6/c1-4-7-10-13-16-19-22-25-28-31-32-35-38-41-44-47-50-53-56-59-65(68)71-62(60-69-63(66)57-54-51-48-45-42-39-36-33-29-26-23-20-17-14-11-8-5-2)61-70-64(67)58-55-52-49-46-43-40-37-34-30-27-24-21-18-15-12-9-6-3/h8,11,16-17,19-20,25-30,32,35-36,39,41,44,50,53,62H,4-7,9-10,12-15,18,21-24,31,33-34,37-38,40,42-43,45-49,51-52,54-61H2,1-3H3/b11-8-,19-16-,20-17-,28-25-,29-26-,30-27-,35-32-,39-36-,44-41-,53-50-/t62-/m1/s1. The molecule has 402 valence electrons. The van der Waals surface area contributed by atoms with Crippen molar-refractivity contribution in [1.82, 2.24) is 0 Å². The Morgan fingerprint density at radius 1 is 0.296 bits per heavy atom. The van der Waals surface area contributed by atoms with Gasteiger partial charge in [0.25, 0.3) is 0 Å². The molecule has 1 atom stereocenters. The highest BCUT2D eigenvalue weighted by Gasteiger charge is 2.19. The molecule has 0 saturated heterocycles. The molecule has 6 nitrogen and oxygen atoms in total. The molecule has 0 heterocycles. The maximum absolute atomic E-state index is 12.8. The van der Waals surface area contributed by atoms with E-state index in [1.807, 2.05) is 6.08 Å². The Hall–Kier alpha value is -4.19. The Morgan fingerprint density at radius 2 is 0.577 bits per heavy atom. The third-order valence-corrected chi connectivity index (χ3v) is 11.9. The topological polar surface area (TPSA) is 78.9 Å². The second-order valence-corrected chi connectivity index (χ2v) is 18.8. The quantitative estimate of drug-likeness (QED) is 0.0261. The summed E-state index contributed by atoms with van der Waals surface area (Å²) in [5.74, 6) is -1.03. The lowest BCUT2D eigenvalue weighted by Crippen LogP contribution is -2.30. The van der Waals surface area contributed by atoms with E-state index in [9.17, 15) is 14.4 Å². The Bertz CT molecular complexity index is 1500. The van der Waals surface area contributed by atoms with Crippen molar-refractivity contribution in [3.63, 3.8) is 0 Å². The molecule has 0 aliphatic heterocycles. The number of unbranched alkanes of at least 4 members (excludes halogenated alkanes) is 20. The first-order valence-corrected chi connectivity index (χ1v) is 29.0. The molecule has 0 aromatic rings. The third kappa shape index (κ3) is 56.6. The fraction of sp³-hybridized carbons (Fsp3) is 0.646. The predicted molar refractivity (Wildman–Crippen MR) is 306 cm³/mol. The van der Waals surface area contributed by atoms with Gasteiger partial charge in [0.1, 0.15) is 13.2 Å². The lowest BCUT2D eigenvalue weighted by atomic mass is 10.1. The van der Waals surface area contributed by atoms with Crippen molar-refractivity contribution in [2.45, 2.75) is 258 Å². The second kappa shape index (κ2) is 58.4. The van der Waals surface area contributed by atoms with Crippen molar-refractivity contribution < 1.29 is 28.6 Å². The van der Waals surface area contributed by atoms with Crippen LogP contribution >= 0.6 is 0 Å². The van der Waals surface area contributed by atoms with E-state index in [0.717, 1.165) is 103 Å². The lowest BCUT2D eigenvalue weighted by Gasteiger charge is -2.18. The van der Waals surface area contributed by atoms with Gasteiger partial charge in [-0.05, 0) is 122 Å². The first-order chi connectivity index (χ1) is 35.0. The van der Waals surface area contributed by atoms with E-state index in [-0.39, 0.29) is 31.6 Å². The number of hydrogen-bond donors (Lipinski definition) is 0. The van der Waals surface area contributed by atoms with Crippen LogP contribution < -0.4 is 0 Å². The van der Waals surface area contributed by atoms with Crippen molar-refractivity contribution >= 4 is 17.9 Å². The normalized spacial score (nSPS) is 13.0. The van der Waals surface area contributed by atoms with Gasteiger partial charge in [0.05, 0.1) is 0 Å². The van der Waals surface area contributed by atoms with E-state index in [1.54, 1.807) is 0 Å². The van der Waals surface area contributed by atoms with E-state index in [1.165, 1.54) is 103 Å². The minimum Gasteiger partial charge on any atom is -0.462 e. The maximum Gasteiger partial charge on any atom is 0.306 e. The van der Waals surface area contributed by atoms with Crippen LogP contribution in [-0.4, -0.2) is 37.2 Å². The van der Waals surface area contributed by atoms with Gasteiger partial charge in [0.2, 0.25) is 0 Å². The van der Waals surface area contributed by atoms with Gasteiger partial charge < -0.3 is 14.2 Å². The summed E-state index contributed by atoms with van der Waals surface area (Å²) in [5, 5.41) is 0. The summed E-state index contributed by atoms with van der Waals surface area (Å²) >= 11 is 0. The number of carbonyl (C=O) groups is 3. The molecule has 0 aliphatic carbocycles. The number of ether oxygens (including phenoxy) is 3. The van der Waals surface area contributed by atoms with Gasteiger partial charge in [0, 0.05) is 19.3 Å². The molecule has 6 heteroatoms. The summed E-state index contributed by atoms with van der Waals surface area (Å²) < 4.78 is 16.8. The molecular formula is C65H106O6. The Morgan fingerprint density at radius 3 is 0.958 bits per heavy atom. The Labute approximate surface area is 437 Å². The van der Waals surface area contributed by atoms with Gasteiger partial charge in [-0.2, -0.15) is 0 Å². The number of carbonyl (C=O) groups excluding carboxylic acids is 3. The Balaban J connectivity index is 4.57. The summed E-state index contributed by atoms with van der Waals surface area (Å²) in [6.07, 6.45) is 80.5. The number of esters is 3. The zero-order valence-electron chi connectivity index (χ0n) is 45.9. The highest BCUT2D eigenvalue weighted by molar-refractivity contribution is 5.71. The molecule has 71 heavy (non-hydrogen) atoms. The number of rotatable bonds is 51. The SMILES string of the molecule is CC/C=C\C/C=C\C/C=C\C/C=C\CCCCCCC(=O)OC[C@H](COC(=O)CCCCCCCCC/C=C\CCCCCCCC)OC(=O)CC/C=C\C/C=C\C/C=C\C/C=C\C/C=C\CCCCC. The van der Waals surface area contributed by atoms with Crippen LogP contribution in [0.4, 0.5) is 0 Å². The lowest BCUT2D eigenvalue weighted by molar-refractivity contribution is -0.166. The molecule has 0 radical (unpaired) electrons. The summed E-state index contributed by atoms with van der Waals surface area (Å²) in [6.45, 7) is 6.41. The smallest absolute Gasteiger partial charge is 0.306 e. The largest absolute Gasteiger partial charge is 0.462 e. The first-order valence-electron chi connectivity index (χ1n) is 29.0. The fourth-order valence-corrected chi connectivity index (χ4v) is 7.59. The van der Waals surface area contributed by atoms with Crippen LogP contribution in [0.2, 0.25) is 0 Å². The van der Waals surface area contributed by atoms with Crippen LogP contribution in [-0.2, 0) is 28.6 Å². The Kier molecular flexibility index (Phi) is 54.9. The van der Waals surface area contributed by atoms with Gasteiger partial charge in [-0.3, -0.25) is 14.4 Å². The highest BCUT2D eigenvalue weighted by Crippen LogP contribution is 2.13. The van der Waals surface area contributed by atoms with Crippen LogP contribution in [0.25, 0.3) is 0 Å². The molecule has 0 rings (SSSR count). The number of hydrogen-bond acceptors (Lipinski definition) is 6. The summed E-state index contributed by atoms with van der Waals surface area (Å²) in [7, 11) is 0. The second-order valence-electron chi connectivity index (χ2n) is 18.8. The summed E-state index contributed by atoms with van der Waals surface area (Å²) in [6, 6.07) is 0. The predicted octanol–water partition coefficient (Wildman–Crippen LogP) is 19.6. The molecule has 0 aromatic heterocycles. The number of allylic oxidation sites excluding steroid dienone is 20. The zero-order chi connectivity index (χ0) is 51.4. The minimum absolute atomic E-state index is 0.121. The van der Waals surface area contributed by atoms with Crippen LogP contribution in [0.1, 0.15) is 252 Å². The van der Waals surface area contributed by atoms with E-state index in [4.69, 9.17) is 14.2 Å². The van der Waals surface area contributed by atoms with E-state index in [0.29, 0.717) is 19.3 Å². The summed E-state index contributed by atoms with van der Waals surface area (Å²) in [5.41, 5.74) is 0. The zero-order valence-corrected chi connectivity index (χ0v) is 45.9. The van der Waals surface area contributed by atoms with Crippen LogP contribution in [0.15, 0.2) is 122 Å². The third-order valence-electron chi connectivity index (χ3n) is 11.9. The fourth-order valence-electron chi connectivity index (χ4n) is 7.59. The van der Waals surface area contributed by atoms with Crippen molar-refractivity contribution in [1.29, 1.82) is 0 Å². The first kappa shape index (κ1) is 66.8. The van der Waals surface area contributed by atoms with Gasteiger partial charge in [-0.1, -0.05) is 232 Å². The van der Waals surface area contributed by atoms with Crippen molar-refractivity contribution in [2.75, 3.05) is 13.2 Å². The summed E-state index contributed by atoms with van der Waals surface area (Å²) in [4.78, 5) is 38.2. The van der Waals surface area contributed by atoms with Gasteiger partial charge >= 0.3 is 17.9 Å². The van der Waals surface area contributed by atoms with Crippen LogP contribution in [0, 0.1) is 0 Å².